The molecule has 0 saturated heterocycles. The van der Waals surface area contributed by atoms with E-state index in [1.54, 1.807) is 6.92 Å². The number of phenolic OH excluding ortho intramolecular Hbond substituents is 1. The van der Waals surface area contributed by atoms with Gasteiger partial charge in [0.2, 0.25) is 0 Å². The summed E-state index contributed by atoms with van der Waals surface area (Å²) in [6.45, 7) is 1.54. The van der Waals surface area contributed by atoms with Crippen molar-refractivity contribution < 1.29 is 44.0 Å². The monoisotopic (exact) mass is 517 g/mol. The first-order valence-corrected chi connectivity index (χ1v) is 12.9. The predicted molar refractivity (Wildman–Crippen MR) is 115 cm³/mol. The average molecular weight is 518 g/mol. The first kappa shape index (κ1) is 24.5. The minimum absolute atomic E-state index is 0.322. The zero-order valence-electron chi connectivity index (χ0n) is 16.4. The summed E-state index contributed by atoms with van der Waals surface area (Å²) in [7, 11) is -14.5. The molecule has 0 radical (unpaired) electrons. The van der Waals surface area contributed by atoms with Crippen molar-refractivity contribution in [1.29, 1.82) is 0 Å². The average Bonchev–Trinajstić information content (AvgIpc) is 2.65. The molecule has 0 bridgehead atoms. The van der Waals surface area contributed by atoms with E-state index in [-0.39, 0.29) is 16.5 Å². The Labute approximate surface area is 187 Å². The van der Waals surface area contributed by atoms with Crippen molar-refractivity contribution in [1.82, 2.24) is 0 Å². The molecule has 3 aromatic carbocycles. The highest BCUT2D eigenvalue weighted by Gasteiger charge is 2.24. The topological polar surface area (TPSA) is 234 Å². The van der Waals surface area contributed by atoms with E-state index >= 15 is 0 Å². The third-order valence-electron chi connectivity index (χ3n) is 4.39. The predicted octanol–water partition coefficient (Wildman–Crippen LogP) is 2.59. The zero-order chi connectivity index (χ0) is 24.9. The molecule has 0 heterocycles. The Morgan fingerprint density at radius 1 is 0.788 bits per heavy atom. The Hall–Kier alpha value is -3.15. The van der Waals surface area contributed by atoms with Crippen LogP contribution in [0.2, 0.25) is 0 Å². The van der Waals surface area contributed by atoms with Gasteiger partial charge in [-0.25, -0.2) is 0 Å². The van der Waals surface area contributed by atoms with Crippen molar-refractivity contribution in [3.8, 4) is 5.75 Å². The molecule has 0 unspecified atom stereocenters. The van der Waals surface area contributed by atoms with Crippen molar-refractivity contribution in [3.63, 3.8) is 0 Å². The summed E-state index contributed by atoms with van der Waals surface area (Å²) in [5, 5.41) is 17.1. The normalized spacial score (nSPS) is 13.1. The van der Waals surface area contributed by atoms with Gasteiger partial charge in [0.1, 0.15) is 26.9 Å². The molecule has 3 aromatic rings. The number of benzene rings is 3. The van der Waals surface area contributed by atoms with Crippen LogP contribution < -0.4 is 5.73 Å². The Morgan fingerprint density at radius 3 is 1.94 bits per heavy atom. The van der Waals surface area contributed by atoms with Gasteiger partial charge in [-0.15, -0.1) is 10.2 Å². The molecule has 0 aliphatic carbocycles. The minimum Gasteiger partial charge on any atom is -0.507 e. The van der Waals surface area contributed by atoms with E-state index in [1.807, 2.05) is 0 Å². The van der Waals surface area contributed by atoms with E-state index < -0.39 is 62.2 Å². The highest BCUT2D eigenvalue weighted by Crippen LogP contribution is 2.43. The van der Waals surface area contributed by atoms with Crippen LogP contribution in [0, 0.1) is 6.92 Å². The van der Waals surface area contributed by atoms with Crippen LogP contribution in [-0.2, 0) is 30.4 Å². The SMILES string of the molecule is Cc1ccc(N=Nc2c(N)c(S(=O)(=O)O)cc3cc(S(=O)(=O)O)cc(O)c23)c(S(=O)(=O)O)c1. The number of fused-ring (bicyclic) bond motifs is 1. The van der Waals surface area contributed by atoms with Crippen molar-refractivity contribution >= 4 is 58.2 Å². The summed E-state index contributed by atoms with van der Waals surface area (Å²) in [5.41, 5.74) is 4.61. The maximum absolute atomic E-state index is 11.8. The summed E-state index contributed by atoms with van der Waals surface area (Å²) in [5.74, 6) is -0.804. The van der Waals surface area contributed by atoms with Gasteiger partial charge in [0.05, 0.1) is 16.0 Å². The standard InChI is InChI=1S/C17H15N3O10S3/c1-8-2-3-11(13(4-8)32(25,26)27)19-20-17-15-9(6-14(16(17)18)33(28,29)30)5-10(7-12(15)21)31(22,23)24/h2-7,21H,18H2,1H3,(H,22,23,24)(H,25,26,27)(H,28,29,30). The quantitative estimate of drug-likeness (QED) is 0.187. The highest BCUT2D eigenvalue weighted by molar-refractivity contribution is 7.86. The van der Waals surface area contributed by atoms with Crippen molar-refractivity contribution in [2.24, 2.45) is 10.2 Å². The van der Waals surface area contributed by atoms with Gasteiger partial charge in [0, 0.05) is 6.07 Å². The molecule has 3 rings (SSSR count). The second-order valence-electron chi connectivity index (χ2n) is 6.77. The molecule has 0 aliphatic rings. The fourth-order valence-electron chi connectivity index (χ4n) is 2.94. The molecule has 0 saturated carbocycles. The maximum atomic E-state index is 11.8. The fourth-order valence-corrected chi connectivity index (χ4v) is 4.84. The molecular weight excluding hydrogens is 502 g/mol. The first-order chi connectivity index (χ1) is 15.0. The zero-order valence-corrected chi connectivity index (χ0v) is 18.8. The van der Waals surface area contributed by atoms with E-state index in [4.69, 9.17) is 5.73 Å². The van der Waals surface area contributed by atoms with Crippen LogP contribution >= 0.6 is 0 Å². The van der Waals surface area contributed by atoms with Crippen LogP contribution in [0.15, 0.2) is 61.3 Å². The number of phenols is 1. The van der Waals surface area contributed by atoms with Crippen LogP contribution in [0.3, 0.4) is 0 Å². The number of nitrogen functional groups attached to an aromatic ring is 1. The largest absolute Gasteiger partial charge is 0.507 e. The summed E-state index contributed by atoms with van der Waals surface area (Å²) in [6.07, 6.45) is 0. The number of nitrogens with zero attached hydrogens (tertiary/aromatic N) is 2. The minimum atomic E-state index is -4.98. The number of aromatic hydroxyl groups is 1. The van der Waals surface area contributed by atoms with Gasteiger partial charge in [-0.05, 0) is 42.1 Å². The number of azo groups is 1. The summed E-state index contributed by atoms with van der Waals surface area (Å²) in [6, 6.07) is 5.88. The third kappa shape index (κ3) is 4.95. The molecule has 33 heavy (non-hydrogen) atoms. The molecule has 0 atom stereocenters. The van der Waals surface area contributed by atoms with Gasteiger partial charge >= 0.3 is 0 Å². The summed E-state index contributed by atoms with van der Waals surface area (Å²) >= 11 is 0. The maximum Gasteiger partial charge on any atom is 0.296 e. The second-order valence-corrected chi connectivity index (χ2v) is 11.0. The first-order valence-electron chi connectivity index (χ1n) is 8.54. The van der Waals surface area contributed by atoms with Crippen molar-refractivity contribution in [3.05, 3.63) is 42.0 Å². The molecule has 176 valence electrons. The second kappa shape index (κ2) is 8.01. The van der Waals surface area contributed by atoms with Crippen LogP contribution in [0.5, 0.6) is 5.75 Å². The van der Waals surface area contributed by atoms with Crippen molar-refractivity contribution in [2.45, 2.75) is 21.6 Å². The Balaban J connectivity index is 2.41. The molecule has 0 fully saturated rings. The molecule has 13 nitrogen and oxygen atoms in total. The Bertz CT molecular complexity index is 1660. The molecule has 0 spiro atoms. The van der Waals surface area contributed by atoms with Crippen molar-refractivity contribution in [2.75, 3.05) is 5.73 Å². The van der Waals surface area contributed by atoms with Gasteiger partial charge in [-0.3, -0.25) is 13.7 Å². The van der Waals surface area contributed by atoms with Crippen LogP contribution in [-0.4, -0.2) is 44.0 Å². The lowest BCUT2D eigenvalue weighted by atomic mass is 10.1. The molecule has 16 heteroatoms. The molecule has 0 aliphatic heterocycles. The summed E-state index contributed by atoms with van der Waals surface area (Å²) in [4.78, 5) is -2.35. The molecule has 0 amide bonds. The number of hydrogen-bond donors (Lipinski definition) is 5. The van der Waals surface area contributed by atoms with Crippen LogP contribution in [0.4, 0.5) is 17.1 Å². The molecular formula is C17H15N3O10S3. The van der Waals surface area contributed by atoms with Gasteiger partial charge in [0.25, 0.3) is 30.4 Å². The lowest BCUT2D eigenvalue weighted by Crippen LogP contribution is -2.04. The number of hydrogen-bond acceptors (Lipinski definition) is 10. The summed E-state index contributed by atoms with van der Waals surface area (Å²) < 4.78 is 98.0. The van der Waals surface area contributed by atoms with Gasteiger partial charge < -0.3 is 10.8 Å². The molecule has 6 N–H and O–H groups in total. The van der Waals surface area contributed by atoms with E-state index in [0.717, 1.165) is 18.2 Å². The lowest BCUT2D eigenvalue weighted by Gasteiger charge is -2.12. The van der Waals surface area contributed by atoms with E-state index in [0.29, 0.717) is 11.6 Å². The third-order valence-corrected chi connectivity index (χ3v) is 7.00. The van der Waals surface area contributed by atoms with Gasteiger partial charge in [-0.1, -0.05) is 6.07 Å². The lowest BCUT2D eigenvalue weighted by molar-refractivity contribution is 0.471. The number of aryl methyl sites for hydroxylation is 1. The Morgan fingerprint density at radius 2 is 1.39 bits per heavy atom. The molecule has 0 aromatic heterocycles. The fraction of sp³-hybridized carbons (Fsp3) is 0.0588. The van der Waals surface area contributed by atoms with Gasteiger partial charge in [-0.2, -0.15) is 25.3 Å². The number of rotatable bonds is 5. The van der Waals surface area contributed by atoms with E-state index in [1.165, 1.54) is 12.1 Å². The van der Waals surface area contributed by atoms with Crippen LogP contribution in [0.1, 0.15) is 5.56 Å². The number of nitrogens with two attached hydrogens (primary N) is 1. The van der Waals surface area contributed by atoms with E-state index in [9.17, 15) is 44.0 Å². The van der Waals surface area contributed by atoms with E-state index in [2.05, 4.69) is 10.2 Å². The smallest absolute Gasteiger partial charge is 0.296 e. The van der Waals surface area contributed by atoms with Gasteiger partial charge in [0.15, 0.2) is 0 Å². The Kier molecular flexibility index (Phi) is 5.95. The number of anilines is 1. The highest BCUT2D eigenvalue weighted by atomic mass is 32.2. The van der Waals surface area contributed by atoms with Crippen LogP contribution in [0.25, 0.3) is 10.8 Å².